The molecule has 1 N–H and O–H groups in total. The summed E-state index contributed by atoms with van der Waals surface area (Å²) >= 11 is 1.74. The maximum atomic E-state index is 4.67. The number of aryl methyl sites for hydroxylation is 1. The van der Waals surface area contributed by atoms with Gasteiger partial charge in [0.1, 0.15) is 5.01 Å². The molecule has 0 saturated heterocycles. The monoisotopic (exact) mass is 286 g/mol. The van der Waals surface area contributed by atoms with Gasteiger partial charge in [0, 0.05) is 17.1 Å². The molecular weight excluding hydrogens is 264 g/mol. The highest BCUT2D eigenvalue weighted by Gasteiger charge is 2.24. The lowest BCUT2D eigenvalue weighted by molar-refractivity contribution is 0.526. The predicted octanol–water partition coefficient (Wildman–Crippen LogP) is 4.42. The van der Waals surface area contributed by atoms with E-state index in [4.69, 9.17) is 0 Å². The van der Waals surface area contributed by atoms with Crippen LogP contribution in [0.2, 0.25) is 0 Å². The number of nitrogens with zero attached hydrogens (tertiary/aromatic N) is 1. The van der Waals surface area contributed by atoms with Crippen molar-refractivity contribution < 1.29 is 0 Å². The summed E-state index contributed by atoms with van der Waals surface area (Å²) in [6.45, 7) is 6.43. The molecule has 1 saturated carbocycles. The normalized spacial score (nSPS) is 16.6. The summed E-state index contributed by atoms with van der Waals surface area (Å²) in [6.07, 6.45) is 2.72. The second kappa shape index (κ2) is 5.66. The van der Waals surface area contributed by atoms with Crippen LogP contribution in [0.1, 0.15) is 60.5 Å². The molecule has 0 spiro atoms. The Morgan fingerprint density at radius 2 is 1.90 bits per heavy atom. The van der Waals surface area contributed by atoms with E-state index < -0.39 is 0 Å². The van der Waals surface area contributed by atoms with Crippen molar-refractivity contribution >= 4 is 11.3 Å². The van der Waals surface area contributed by atoms with Crippen molar-refractivity contribution in [1.29, 1.82) is 0 Å². The van der Waals surface area contributed by atoms with Gasteiger partial charge in [-0.05, 0) is 50.7 Å². The van der Waals surface area contributed by atoms with Gasteiger partial charge in [-0.15, -0.1) is 11.3 Å². The standard InChI is InChI=1S/C17H22N2S/c1-11(2)18-16(17-19-12(3)10-20-17)15-8-6-14(7-9-15)13-4-5-13/h6-11,13,16,18H,4-5H2,1-3H3. The van der Waals surface area contributed by atoms with Gasteiger partial charge in [0.2, 0.25) is 0 Å². The molecule has 20 heavy (non-hydrogen) atoms. The second-order valence-electron chi connectivity index (χ2n) is 6.02. The molecule has 1 aliphatic rings. The summed E-state index contributed by atoms with van der Waals surface area (Å²) in [5.74, 6) is 0.822. The largest absolute Gasteiger partial charge is 0.302 e. The number of hydrogen-bond acceptors (Lipinski definition) is 3. The molecule has 1 atom stereocenters. The summed E-state index contributed by atoms with van der Waals surface area (Å²) in [5.41, 5.74) is 3.92. The molecule has 1 heterocycles. The van der Waals surface area contributed by atoms with Gasteiger partial charge >= 0.3 is 0 Å². The quantitative estimate of drug-likeness (QED) is 0.880. The molecule has 0 aliphatic heterocycles. The van der Waals surface area contributed by atoms with Gasteiger partial charge in [0.05, 0.1) is 6.04 Å². The van der Waals surface area contributed by atoms with Gasteiger partial charge in [-0.25, -0.2) is 4.98 Å². The van der Waals surface area contributed by atoms with Gasteiger partial charge in [0.15, 0.2) is 0 Å². The molecule has 1 aromatic carbocycles. The molecule has 1 aromatic heterocycles. The van der Waals surface area contributed by atoms with Crippen molar-refractivity contribution in [3.05, 3.63) is 51.5 Å². The van der Waals surface area contributed by atoms with E-state index >= 15 is 0 Å². The Balaban J connectivity index is 1.87. The summed E-state index contributed by atoms with van der Waals surface area (Å²) in [6, 6.07) is 9.77. The van der Waals surface area contributed by atoms with Crippen LogP contribution in [0, 0.1) is 6.92 Å². The molecule has 0 bridgehead atoms. The van der Waals surface area contributed by atoms with Crippen LogP contribution >= 0.6 is 11.3 Å². The third-order valence-corrected chi connectivity index (χ3v) is 4.73. The van der Waals surface area contributed by atoms with Gasteiger partial charge in [0.25, 0.3) is 0 Å². The number of hydrogen-bond donors (Lipinski definition) is 1. The zero-order chi connectivity index (χ0) is 14.1. The summed E-state index contributed by atoms with van der Waals surface area (Å²) < 4.78 is 0. The average molecular weight is 286 g/mol. The number of benzene rings is 1. The fourth-order valence-corrected chi connectivity index (χ4v) is 3.41. The van der Waals surface area contributed by atoms with Crippen molar-refractivity contribution in [3.63, 3.8) is 0 Å². The first-order valence-corrected chi connectivity index (χ1v) is 8.29. The molecule has 1 fully saturated rings. The van der Waals surface area contributed by atoms with Crippen LogP contribution in [-0.2, 0) is 0 Å². The highest BCUT2D eigenvalue weighted by atomic mass is 32.1. The van der Waals surface area contributed by atoms with Crippen LogP contribution in [0.5, 0.6) is 0 Å². The van der Waals surface area contributed by atoms with E-state index in [1.807, 2.05) is 0 Å². The molecule has 2 aromatic rings. The molecule has 1 aliphatic carbocycles. The minimum Gasteiger partial charge on any atom is -0.302 e. The van der Waals surface area contributed by atoms with Crippen LogP contribution < -0.4 is 5.32 Å². The van der Waals surface area contributed by atoms with Crippen LogP contribution in [-0.4, -0.2) is 11.0 Å². The third-order valence-electron chi connectivity index (χ3n) is 3.70. The van der Waals surface area contributed by atoms with Crippen molar-refractivity contribution in [3.8, 4) is 0 Å². The van der Waals surface area contributed by atoms with Gasteiger partial charge in [-0.1, -0.05) is 24.3 Å². The molecule has 1 unspecified atom stereocenters. The molecule has 106 valence electrons. The van der Waals surface area contributed by atoms with Crippen LogP contribution in [0.15, 0.2) is 29.6 Å². The lowest BCUT2D eigenvalue weighted by Gasteiger charge is -2.20. The molecule has 3 rings (SSSR count). The maximum absolute atomic E-state index is 4.67. The molecule has 0 radical (unpaired) electrons. The Morgan fingerprint density at radius 3 is 2.40 bits per heavy atom. The van der Waals surface area contributed by atoms with Crippen molar-refractivity contribution in [2.45, 2.75) is 51.6 Å². The van der Waals surface area contributed by atoms with Crippen molar-refractivity contribution in [2.75, 3.05) is 0 Å². The zero-order valence-corrected chi connectivity index (χ0v) is 13.2. The lowest BCUT2D eigenvalue weighted by Crippen LogP contribution is -2.28. The van der Waals surface area contributed by atoms with E-state index in [1.165, 1.54) is 24.0 Å². The Hall–Kier alpha value is -1.19. The Labute approximate surface area is 125 Å². The van der Waals surface area contributed by atoms with E-state index in [-0.39, 0.29) is 6.04 Å². The molecule has 2 nitrogen and oxygen atoms in total. The van der Waals surface area contributed by atoms with E-state index in [0.29, 0.717) is 6.04 Å². The number of rotatable bonds is 5. The molecule has 0 amide bonds. The first-order valence-electron chi connectivity index (χ1n) is 7.41. The van der Waals surface area contributed by atoms with E-state index in [2.05, 4.69) is 60.7 Å². The highest BCUT2D eigenvalue weighted by molar-refractivity contribution is 7.09. The topological polar surface area (TPSA) is 24.9 Å². The Morgan fingerprint density at radius 1 is 1.20 bits per heavy atom. The average Bonchev–Trinajstić information content (AvgIpc) is 3.19. The number of nitrogens with one attached hydrogen (secondary N) is 1. The first-order chi connectivity index (χ1) is 9.63. The number of aromatic nitrogens is 1. The second-order valence-corrected chi connectivity index (χ2v) is 6.91. The van der Waals surface area contributed by atoms with Gasteiger partial charge in [-0.2, -0.15) is 0 Å². The van der Waals surface area contributed by atoms with Crippen molar-refractivity contribution in [2.24, 2.45) is 0 Å². The minimum absolute atomic E-state index is 0.210. The Kier molecular flexibility index (Phi) is 3.90. The van der Waals surface area contributed by atoms with E-state index in [0.717, 1.165) is 16.6 Å². The van der Waals surface area contributed by atoms with Crippen molar-refractivity contribution in [1.82, 2.24) is 10.3 Å². The predicted molar refractivity (Wildman–Crippen MR) is 85.4 cm³/mol. The first kappa shape index (κ1) is 13.8. The fourth-order valence-electron chi connectivity index (χ4n) is 2.53. The third kappa shape index (κ3) is 3.10. The van der Waals surface area contributed by atoms with Gasteiger partial charge in [-0.3, -0.25) is 0 Å². The Bertz CT molecular complexity index is 567. The van der Waals surface area contributed by atoms with Gasteiger partial charge < -0.3 is 5.32 Å². The maximum Gasteiger partial charge on any atom is 0.114 e. The smallest absolute Gasteiger partial charge is 0.114 e. The summed E-state index contributed by atoms with van der Waals surface area (Å²) in [4.78, 5) is 4.67. The van der Waals surface area contributed by atoms with Crippen LogP contribution in [0.3, 0.4) is 0 Å². The summed E-state index contributed by atoms with van der Waals surface area (Å²) in [5, 5.41) is 6.93. The lowest BCUT2D eigenvalue weighted by atomic mass is 10.0. The highest BCUT2D eigenvalue weighted by Crippen LogP contribution is 2.40. The molecular formula is C17H22N2S. The zero-order valence-electron chi connectivity index (χ0n) is 12.4. The molecule has 3 heteroatoms. The van der Waals surface area contributed by atoms with Crippen LogP contribution in [0.25, 0.3) is 0 Å². The SMILES string of the molecule is Cc1csc(C(NC(C)C)c2ccc(C3CC3)cc2)n1. The van der Waals surface area contributed by atoms with Crippen LogP contribution in [0.4, 0.5) is 0 Å². The summed E-state index contributed by atoms with van der Waals surface area (Å²) in [7, 11) is 0. The number of thiazole rings is 1. The fraction of sp³-hybridized carbons (Fsp3) is 0.471. The van der Waals surface area contributed by atoms with E-state index in [1.54, 1.807) is 11.3 Å². The minimum atomic E-state index is 0.210. The van der Waals surface area contributed by atoms with E-state index in [9.17, 15) is 0 Å².